The van der Waals surface area contributed by atoms with Gasteiger partial charge in [0.25, 0.3) is 0 Å². The first-order valence-corrected chi connectivity index (χ1v) is 5.41. The first-order chi connectivity index (χ1) is 8.78. The molecule has 0 fully saturated rings. The van der Waals surface area contributed by atoms with Gasteiger partial charge in [0.05, 0.1) is 6.07 Å². The molecule has 0 amide bonds. The maximum atomic E-state index is 5.57. The Morgan fingerprint density at radius 1 is 1.17 bits per heavy atom. The van der Waals surface area contributed by atoms with Gasteiger partial charge in [-0.05, 0) is 19.1 Å². The summed E-state index contributed by atoms with van der Waals surface area (Å²) in [6.45, 7) is 2.18. The van der Waals surface area contributed by atoms with Crippen LogP contribution in [0, 0.1) is 19.3 Å². The van der Waals surface area contributed by atoms with E-state index in [0.717, 1.165) is 0 Å². The van der Waals surface area contributed by atoms with Crippen molar-refractivity contribution < 1.29 is 9.47 Å². The summed E-state index contributed by atoms with van der Waals surface area (Å²) >= 11 is 0. The Hall–Kier alpha value is -2.54. The average molecular weight is 240 g/mol. The molecule has 1 heterocycles. The molecule has 2 aromatic rings. The summed E-state index contributed by atoms with van der Waals surface area (Å²) in [5.74, 6) is 3.89. The fraction of sp³-hybridized carbons (Fsp3) is 0.143. The number of hydrogen-bond acceptors (Lipinski definition) is 4. The van der Waals surface area contributed by atoms with E-state index in [0.29, 0.717) is 17.5 Å². The molecule has 0 aliphatic heterocycles. The van der Waals surface area contributed by atoms with Crippen LogP contribution in [0.1, 0.15) is 5.56 Å². The Balaban J connectivity index is 2.09. The second-order valence-corrected chi connectivity index (χ2v) is 3.60. The predicted octanol–water partition coefficient (Wildman–Crippen LogP) is 2.59. The van der Waals surface area contributed by atoms with E-state index in [1.165, 1.54) is 11.9 Å². The van der Waals surface area contributed by atoms with Crippen LogP contribution in [0.2, 0.25) is 0 Å². The van der Waals surface area contributed by atoms with Gasteiger partial charge in [0.2, 0.25) is 11.8 Å². The van der Waals surface area contributed by atoms with E-state index < -0.39 is 0 Å². The summed E-state index contributed by atoms with van der Waals surface area (Å²) < 4.78 is 10.8. The molecule has 1 aromatic carbocycles. The zero-order chi connectivity index (χ0) is 12.8. The van der Waals surface area contributed by atoms with Gasteiger partial charge in [-0.3, -0.25) is 0 Å². The van der Waals surface area contributed by atoms with E-state index >= 15 is 0 Å². The van der Waals surface area contributed by atoms with Crippen molar-refractivity contribution in [2.75, 3.05) is 6.61 Å². The Morgan fingerprint density at radius 2 is 1.89 bits per heavy atom. The molecule has 18 heavy (non-hydrogen) atoms. The maximum Gasteiger partial charge on any atom is 0.226 e. The number of benzene rings is 1. The Kier molecular flexibility index (Phi) is 3.77. The summed E-state index contributed by atoms with van der Waals surface area (Å²) in [6.07, 6.45) is 6.47. The molecule has 0 radical (unpaired) electrons. The van der Waals surface area contributed by atoms with Gasteiger partial charge in [0.1, 0.15) is 12.1 Å². The molecule has 0 aliphatic rings. The highest BCUT2D eigenvalue weighted by atomic mass is 16.5. The zero-order valence-electron chi connectivity index (χ0n) is 9.96. The van der Waals surface area contributed by atoms with Crippen molar-refractivity contribution in [3.8, 4) is 29.9 Å². The lowest BCUT2D eigenvalue weighted by atomic mass is 10.2. The van der Waals surface area contributed by atoms with Crippen LogP contribution < -0.4 is 9.47 Å². The second-order valence-electron chi connectivity index (χ2n) is 3.60. The fourth-order valence-corrected chi connectivity index (χ4v) is 1.30. The average Bonchev–Trinajstić information content (AvgIpc) is 2.40. The van der Waals surface area contributed by atoms with E-state index in [2.05, 4.69) is 15.9 Å². The molecule has 4 heteroatoms. The number of aromatic nitrogens is 2. The lowest BCUT2D eigenvalue weighted by molar-refractivity contribution is 0.350. The molecule has 0 N–H and O–H groups in total. The lowest BCUT2D eigenvalue weighted by Crippen LogP contribution is -1.97. The summed E-state index contributed by atoms with van der Waals surface area (Å²) in [4.78, 5) is 7.92. The van der Waals surface area contributed by atoms with E-state index in [4.69, 9.17) is 15.9 Å². The monoisotopic (exact) mass is 240 g/mol. The number of rotatable bonds is 4. The Morgan fingerprint density at radius 3 is 2.61 bits per heavy atom. The molecule has 4 nitrogen and oxygen atoms in total. The molecule has 0 saturated carbocycles. The molecule has 1 aromatic heterocycles. The Labute approximate surface area is 106 Å². The van der Waals surface area contributed by atoms with Crippen LogP contribution in [-0.2, 0) is 0 Å². The minimum Gasteiger partial charge on any atom is -0.464 e. The SMILES string of the molecule is C#CCOc1cc(Oc2ccc(C)cc2)ncn1. The van der Waals surface area contributed by atoms with Crippen LogP contribution in [-0.4, -0.2) is 16.6 Å². The van der Waals surface area contributed by atoms with Crippen LogP contribution in [0.5, 0.6) is 17.5 Å². The predicted molar refractivity (Wildman–Crippen MR) is 67.6 cm³/mol. The normalized spacial score (nSPS) is 9.56. The van der Waals surface area contributed by atoms with E-state index in [-0.39, 0.29) is 6.61 Å². The molecule has 2 rings (SSSR count). The van der Waals surface area contributed by atoms with Crippen LogP contribution in [0.3, 0.4) is 0 Å². The molecule has 90 valence electrons. The summed E-state index contributed by atoms with van der Waals surface area (Å²) in [5.41, 5.74) is 1.17. The van der Waals surface area contributed by atoms with Crippen LogP contribution in [0.25, 0.3) is 0 Å². The summed E-state index contributed by atoms with van der Waals surface area (Å²) in [6, 6.07) is 9.27. The van der Waals surface area contributed by atoms with E-state index in [9.17, 15) is 0 Å². The van der Waals surface area contributed by atoms with Crippen LogP contribution in [0.4, 0.5) is 0 Å². The van der Waals surface area contributed by atoms with E-state index in [1.807, 2.05) is 31.2 Å². The number of aryl methyl sites for hydroxylation is 1. The molecule has 0 spiro atoms. The van der Waals surface area contributed by atoms with Crippen molar-refractivity contribution in [1.29, 1.82) is 0 Å². The molecule has 0 aliphatic carbocycles. The van der Waals surface area contributed by atoms with Crippen molar-refractivity contribution in [3.63, 3.8) is 0 Å². The molecule has 0 bridgehead atoms. The van der Waals surface area contributed by atoms with E-state index in [1.54, 1.807) is 6.07 Å². The number of hydrogen-bond donors (Lipinski definition) is 0. The van der Waals surface area contributed by atoms with Gasteiger partial charge in [-0.2, -0.15) is 0 Å². The minimum atomic E-state index is 0.168. The number of ether oxygens (including phenoxy) is 2. The van der Waals surface area contributed by atoms with Gasteiger partial charge < -0.3 is 9.47 Å². The summed E-state index contributed by atoms with van der Waals surface area (Å²) in [5, 5.41) is 0. The van der Waals surface area contributed by atoms with Gasteiger partial charge in [-0.15, -0.1) is 6.42 Å². The Bertz CT molecular complexity index is 559. The topological polar surface area (TPSA) is 44.2 Å². The third kappa shape index (κ3) is 3.22. The highest BCUT2D eigenvalue weighted by Gasteiger charge is 2.02. The summed E-state index contributed by atoms with van der Waals surface area (Å²) in [7, 11) is 0. The van der Waals surface area contributed by atoms with Crippen molar-refractivity contribution in [2.24, 2.45) is 0 Å². The third-order valence-corrected chi connectivity index (χ3v) is 2.16. The van der Waals surface area contributed by atoms with Crippen molar-refractivity contribution in [1.82, 2.24) is 9.97 Å². The number of terminal acetylenes is 1. The van der Waals surface area contributed by atoms with Crippen molar-refractivity contribution in [2.45, 2.75) is 6.92 Å². The van der Waals surface area contributed by atoms with Gasteiger partial charge in [0.15, 0.2) is 6.61 Å². The molecular weight excluding hydrogens is 228 g/mol. The third-order valence-electron chi connectivity index (χ3n) is 2.16. The molecule has 0 unspecified atom stereocenters. The minimum absolute atomic E-state index is 0.168. The van der Waals surface area contributed by atoms with Gasteiger partial charge in [-0.1, -0.05) is 23.6 Å². The number of nitrogens with zero attached hydrogens (tertiary/aromatic N) is 2. The fourth-order valence-electron chi connectivity index (χ4n) is 1.30. The standard InChI is InChI=1S/C14H12N2O2/c1-3-8-17-13-9-14(16-10-15-13)18-12-6-4-11(2)5-7-12/h1,4-7,9-10H,8H2,2H3. The van der Waals surface area contributed by atoms with Gasteiger partial charge in [-0.25, -0.2) is 9.97 Å². The second kappa shape index (κ2) is 5.69. The van der Waals surface area contributed by atoms with Crippen LogP contribution >= 0.6 is 0 Å². The largest absolute Gasteiger partial charge is 0.464 e. The first-order valence-electron chi connectivity index (χ1n) is 5.41. The van der Waals surface area contributed by atoms with Crippen molar-refractivity contribution >= 4 is 0 Å². The molecular formula is C14H12N2O2. The maximum absolute atomic E-state index is 5.57. The van der Waals surface area contributed by atoms with Crippen molar-refractivity contribution in [3.05, 3.63) is 42.2 Å². The smallest absolute Gasteiger partial charge is 0.226 e. The van der Waals surface area contributed by atoms with Gasteiger partial charge >= 0.3 is 0 Å². The zero-order valence-corrected chi connectivity index (χ0v) is 9.96. The highest BCUT2D eigenvalue weighted by molar-refractivity contribution is 5.30. The van der Waals surface area contributed by atoms with Gasteiger partial charge in [0, 0.05) is 0 Å². The first kappa shape index (κ1) is 11.9. The molecule has 0 atom stereocenters. The lowest BCUT2D eigenvalue weighted by Gasteiger charge is -2.06. The molecule has 0 saturated heterocycles. The quantitative estimate of drug-likeness (QED) is 0.770. The van der Waals surface area contributed by atoms with Crippen LogP contribution in [0.15, 0.2) is 36.7 Å². The highest BCUT2D eigenvalue weighted by Crippen LogP contribution is 2.21.